The molecule has 7 heteroatoms. The average Bonchev–Trinajstić information content (AvgIpc) is 3.17. The lowest BCUT2D eigenvalue weighted by molar-refractivity contribution is 0.352. The van der Waals surface area contributed by atoms with Crippen LogP contribution >= 0.6 is 0 Å². The Labute approximate surface area is 144 Å². The minimum atomic E-state index is -0.126. The van der Waals surface area contributed by atoms with E-state index in [9.17, 15) is 0 Å². The van der Waals surface area contributed by atoms with Crippen molar-refractivity contribution in [1.82, 2.24) is 15.1 Å². The topological polar surface area (TPSA) is 94.1 Å². The van der Waals surface area contributed by atoms with E-state index in [0.717, 1.165) is 5.56 Å². The summed E-state index contributed by atoms with van der Waals surface area (Å²) in [6.45, 7) is 1.96. The van der Waals surface area contributed by atoms with E-state index in [1.165, 1.54) is 6.20 Å². The molecule has 0 fully saturated rings. The van der Waals surface area contributed by atoms with Crippen LogP contribution in [-0.4, -0.2) is 29.3 Å². The van der Waals surface area contributed by atoms with Crippen molar-refractivity contribution in [2.45, 2.75) is 12.8 Å². The molecule has 0 amide bonds. The van der Waals surface area contributed by atoms with Crippen molar-refractivity contribution in [3.8, 4) is 29.1 Å². The second-order valence-electron chi connectivity index (χ2n) is 5.34. The molecule has 0 aliphatic heterocycles. The number of nitriles is 1. The summed E-state index contributed by atoms with van der Waals surface area (Å²) in [6, 6.07) is 11.0. The van der Waals surface area contributed by atoms with Gasteiger partial charge in [-0.2, -0.15) is 10.2 Å². The fourth-order valence-corrected chi connectivity index (χ4v) is 2.37. The molecular formula is C18H16N4O3. The Morgan fingerprint density at radius 1 is 1.12 bits per heavy atom. The smallest absolute Gasteiger partial charge is 0.234 e. The van der Waals surface area contributed by atoms with E-state index < -0.39 is 0 Å². The van der Waals surface area contributed by atoms with Crippen molar-refractivity contribution in [2.24, 2.45) is 0 Å². The van der Waals surface area contributed by atoms with Gasteiger partial charge in [0.25, 0.3) is 0 Å². The first-order valence-corrected chi connectivity index (χ1v) is 7.58. The van der Waals surface area contributed by atoms with Crippen LogP contribution in [0.1, 0.15) is 29.9 Å². The highest BCUT2D eigenvalue weighted by Crippen LogP contribution is 2.33. The third-order valence-electron chi connectivity index (χ3n) is 3.84. The van der Waals surface area contributed by atoms with Crippen LogP contribution in [0, 0.1) is 11.3 Å². The quantitative estimate of drug-likeness (QED) is 0.706. The average molecular weight is 336 g/mol. The Hall–Kier alpha value is -3.40. The number of rotatable bonds is 5. The molecule has 7 nitrogen and oxygen atoms in total. The van der Waals surface area contributed by atoms with Gasteiger partial charge in [-0.1, -0.05) is 11.2 Å². The molecule has 0 saturated heterocycles. The Balaban J connectivity index is 1.87. The van der Waals surface area contributed by atoms with E-state index in [-0.39, 0.29) is 5.92 Å². The second-order valence-corrected chi connectivity index (χ2v) is 5.34. The lowest BCUT2D eigenvalue weighted by Crippen LogP contribution is -1.99. The lowest BCUT2D eigenvalue weighted by atomic mass is 10.0. The van der Waals surface area contributed by atoms with Crippen LogP contribution in [0.2, 0.25) is 0 Å². The lowest BCUT2D eigenvalue weighted by Gasteiger charge is -2.12. The van der Waals surface area contributed by atoms with Crippen molar-refractivity contribution in [2.75, 3.05) is 14.2 Å². The Morgan fingerprint density at radius 2 is 1.92 bits per heavy atom. The number of nitrogens with zero attached hydrogens (tertiary/aromatic N) is 4. The van der Waals surface area contributed by atoms with Crippen LogP contribution in [0.25, 0.3) is 11.5 Å². The normalized spacial score (nSPS) is 11.6. The van der Waals surface area contributed by atoms with Crippen LogP contribution in [-0.2, 0) is 0 Å². The van der Waals surface area contributed by atoms with Gasteiger partial charge < -0.3 is 14.0 Å². The van der Waals surface area contributed by atoms with Gasteiger partial charge >= 0.3 is 0 Å². The number of aromatic nitrogens is 3. The fraction of sp³-hybridized carbons (Fsp3) is 0.222. The maximum absolute atomic E-state index is 8.82. The summed E-state index contributed by atoms with van der Waals surface area (Å²) in [5.41, 5.74) is 1.99. The Bertz CT molecular complexity index is 913. The highest BCUT2D eigenvalue weighted by molar-refractivity contribution is 5.50. The number of ether oxygens (including phenoxy) is 2. The highest BCUT2D eigenvalue weighted by Gasteiger charge is 2.19. The summed E-state index contributed by atoms with van der Waals surface area (Å²) >= 11 is 0. The Morgan fingerprint density at radius 3 is 2.56 bits per heavy atom. The molecule has 1 atom stereocenters. The number of pyridine rings is 1. The summed E-state index contributed by atoms with van der Waals surface area (Å²) in [6.07, 6.45) is 1.48. The van der Waals surface area contributed by atoms with Crippen molar-refractivity contribution in [1.29, 1.82) is 5.26 Å². The molecule has 0 spiro atoms. The molecule has 0 radical (unpaired) electrons. The molecule has 3 aromatic rings. The molecule has 25 heavy (non-hydrogen) atoms. The maximum Gasteiger partial charge on any atom is 0.234 e. The molecular weight excluding hydrogens is 320 g/mol. The first-order valence-electron chi connectivity index (χ1n) is 7.58. The molecule has 0 aliphatic carbocycles. The van der Waals surface area contributed by atoms with Crippen LogP contribution in [0.4, 0.5) is 0 Å². The fourth-order valence-electron chi connectivity index (χ4n) is 2.37. The van der Waals surface area contributed by atoms with E-state index in [0.29, 0.717) is 34.5 Å². The molecule has 0 saturated carbocycles. The first kappa shape index (κ1) is 16.5. The summed E-state index contributed by atoms with van der Waals surface area (Å²) in [5, 5.41) is 12.8. The molecule has 0 bridgehead atoms. The zero-order chi connectivity index (χ0) is 17.8. The van der Waals surface area contributed by atoms with Crippen LogP contribution < -0.4 is 9.47 Å². The van der Waals surface area contributed by atoms with Crippen molar-refractivity contribution >= 4 is 0 Å². The minimum absolute atomic E-state index is 0.126. The summed E-state index contributed by atoms with van der Waals surface area (Å²) < 4.78 is 16.0. The van der Waals surface area contributed by atoms with Gasteiger partial charge in [0, 0.05) is 6.20 Å². The maximum atomic E-state index is 8.82. The largest absolute Gasteiger partial charge is 0.493 e. The van der Waals surface area contributed by atoms with E-state index >= 15 is 0 Å². The van der Waals surface area contributed by atoms with Crippen LogP contribution in [0.5, 0.6) is 11.5 Å². The van der Waals surface area contributed by atoms with E-state index in [1.807, 2.05) is 31.2 Å². The Kier molecular flexibility index (Phi) is 4.61. The van der Waals surface area contributed by atoms with Crippen LogP contribution in [0.15, 0.2) is 41.1 Å². The van der Waals surface area contributed by atoms with E-state index in [1.54, 1.807) is 26.4 Å². The number of benzene rings is 1. The predicted octanol–water partition coefficient (Wildman–Crippen LogP) is 3.17. The molecule has 0 aliphatic rings. The standard InChI is InChI=1S/C18H16N4O3/c1-11(13-5-7-15(23-2)16(8-13)24-3)18-21-17(22-25-18)14-6-4-12(9-19)10-20-14/h4-8,10-11H,1-3H3/t11-/m0/s1. The molecule has 3 rings (SSSR count). The molecule has 2 heterocycles. The van der Waals surface area contributed by atoms with Gasteiger partial charge in [-0.05, 0) is 36.8 Å². The van der Waals surface area contributed by atoms with Gasteiger partial charge in [0.1, 0.15) is 11.8 Å². The van der Waals surface area contributed by atoms with Crippen molar-refractivity contribution in [3.05, 3.63) is 53.5 Å². The minimum Gasteiger partial charge on any atom is -0.493 e. The monoisotopic (exact) mass is 336 g/mol. The number of methoxy groups -OCH3 is 2. The zero-order valence-electron chi connectivity index (χ0n) is 14.1. The molecule has 1 aromatic carbocycles. The van der Waals surface area contributed by atoms with Gasteiger partial charge in [-0.3, -0.25) is 4.98 Å². The highest BCUT2D eigenvalue weighted by atomic mass is 16.5. The summed E-state index contributed by atoms with van der Waals surface area (Å²) in [7, 11) is 3.18. The van der Waals surface area contributed by atoms with Gasteiger partial charge in [0.15, 0.2) is 11.5 Å². The number of hydrogen-bond acceptors (Lipinski definition) is 7. The van der Waals surface area contributed by atoms with Gasteiger partial charge in [-0.25, -0.2) is 0 Å². The van der Waals surface area contributed by atoms with Crippen molar-refractivity contribution in [3.63, 3.8) is 0 Å². The van der Waals surface area contributed by atoms with E-state index in [2.05, 4.69) is 15.1 Å². The third kappa shape index (κ3) is 3.28. The third-order valence-corrected chi connectivity index (χ3v) is 3.84. The van der Waals surface area contributed by atoms with Gasteiger partial charge in [-0.15, -0.1) is 0 Å². The molecule has 2 aromatic heterocycles. The molecule has 126 valence electrons. The van der Waals surface area contributed by atoms with Crippen LogP contribution in [0.3, 0.4) is 0 Å². The molecule has 0 unspecified atom stereocenters. The zero-order valence-corrected chi connectivity index (χ0v) is 14.1. The van der Waals surface area contributed by atoms with Gasteiger partial charge in [0.05, 0.1) is 25.7 Å². The van der Waals surface area contributed by atoms with Crippen molar-refractivity contribution < 1.29 is 14.0 Å². The van der Waals surface area contributed by atoms with E-state index in [4.69, 9.17) is 19.3 Å². The first-order chi connectivity index (χ1) is 12.2. The second kappa shape index (κ2) is 7.01. The SMILES string of the molecule is COc1ccc([C@H](C)c2nc(-c3ccc(C#N)cn3)no2)cc1OC. The predicted molar refractivity (Wildman–Crippen MR) is 89.3 cm³/mol. The summed E-state index contributed by atoms with van der Waals surface area (Å²) in [4.78, 5) is 8.59. The van der Waals surface area contributed by atoms with Gasteiger partial charge in [0.2, 0.25) is 11.7 Å². The molecule has 0 N–H and O–H groups in total. The summed E-state index contributed by atoms with van der Waals surface area (Å²) in [5.74, 6) is 2.02. The number of hydrogen-bond donors (Lipinski definition) is 0.